The summed E-state index contributed by atoms with van der Waals surface area (Å²) in [6, 6.07) is 9.29. The van der Waals surface area contributed by atoms with Crippen LogP contribution >= 0.6 is 0 Å². The van der Waals surface area contributed by atoms with Gasteiger partial charge in [0.25, 0.3) is 0 Å². The summed E-state index contributed by atoms with van der Waals surface area (Å²) in [4.78, 5) is 0.314. The van der Waals surface area contributed by atoms with Crippen LogP contribution in [0.4, 0.5) is 14.5 Å². The number of nitrogens with two attached hydrogens (primary N) is 1. The number of anilines is 1. The molecule has 20 heavy (non-hydrogen) atoms. The van der Waals surface area contributed by atoms with E-state index in [1.165, 1.54) is 24.3 Å². The van der Waals surface area contributed by atoms with Gasteiger partial charge in [-0.2, -0.15) is 5.26 Å². The molecule has 0 spiro atoms. The number of halogens is 2. The topological polar surface area (TPSA) is 66.9 Å². The van der Waals surface area contributed by atoms with Gasteiger partial charge >= 0.3 is 0 Å². The van der Waals surface area contributed by atoms with Crippen molar-refractivity contribution in [2.75, 3.05) is 5.73 Å². The molecule has 1 atom stereocenters. The molecule has 0 heterocycles. The zero-order valence-electron chi connectivity index (χ0n) is 10.3. The zero-order chi connectivity index (χ0) is 14.7. The number of rotatable bonds is 3. The maximum absolute atomic E-state index is 13.2. The van der Waals surface area contributed by atoms with Crippen molar-refractivity contribution in [3.63, 3.8) is 0 Å². The molecule has 0 aromatic heterocycles. The van der Waals surface area contributed by atoms with Gasteiger partial charge in [-0.3, -0.25) is 4.21 Å². The minimum absolute atomic E-state index is 0.0742. The highest BCUT2D eigenvalue weighted by atomic mass is 32.2. The van der Waals surface area contributed by atoms with Crippen LogP contribution in [-0.4, -0.2) is 4.21 Å². The molecule has 0 saturated carbocycles. The van der Waals surface area contributed by atoms with Gasteiger partial charge in [0.05, 0.1) is 32.7 Å². The summed E-state index contributed by atoms with van der Waals surface area (Å²) in [7, 11) is -1.49. The van der Waals surface area contributed by atoms with E-state index < -0.39 is 22.4 Å². The summed E-state index contributed by atoms with van der Waals surface area (Å²) in [5.41, 5.74) is 6.15. The van der Waals surface area contributed by atoms with Crippen molar-refractivity contribution < 1.29 is 13.0 Å². The van der Waals surface area contributed by atoms with Gasteiger partial charge in [-0.15, -0.1) is 0 Å². The van der Waals surface area contributed by atoms with Crippen LogP contribution in [0.15, 0.2) is 41.3 Å². The van der Waals surface area contributed by atoms with Gasteiger partial charge in [0.2, 0.25) is 0 Å². The van der Waals surface area contributed by atoms with E-state index in [4.69, 9.17) is 11.0 Å². The van der Waals surface area contributed by atoms with Gasteiger partial charge in [0, 0.05) is 0 Å². The molecule has 0 aliphatic rings. The number of benzene rings is 2. The lowest BCUT2D eigenvalue weighted by Gasteiger charge is -2.06. The van der Waals surface area contributed by atoms with Crippen LogP contribution in [0.3, 0.4) is 0 Å². The summed E-state index contributed by atoms with van der Waals surface area (Å²) in [5, 5.41) is 8.74. The molecule has 3 nitrogen and oxygen atoms in total. The quantitative estimate of drug-likeness (QED) is 0.884. The first-order chi connectivity index (χ1) is 9.51. The Bertz CT molecular complexity index is 726. The highest BCUT2D eigenvalue weighted by Gasteiger charge is 2.11. The van der Waals surface area contributed by atoms with Crippen molar-refractivity contribution in [1.82, 2.24) is 0 Å². The SMILES string of the molecule is N#Cc1cc(CS(=O)c2ccc(F)cc2N)ccc1F. The fraction of sp³-hybridized carbons (Fsp3) is 0.0714. The van der Waals surface area contributed by atoms with Crippen LogP contribution in [0.2, 0.25) is 0 Å². The average molecular weight is 292 g/mol. The Kier molecular flexibility index (Phi) is 4.11. The average Bonchev–Trinajstić information content (AvgIpc) is 2.40. The third-order valence-corrected chi connectivity index (χ3v) is 4.12. The van der Waals surface area contributed by atoms with Gasteiger partial charge in [-0.05, 0) is 35.9 Å². The highest BCUT2D eigenvalue weighted by molar-refractivity contribution is 7.84. The summed E-state index contributed by atoms with van der Waals surface area (Å²) in [5.74, 6) is -1.05. The number of nitrogens with zero attached hydrogens (tertiary/aromatic N) is 1. The largest absolute Gasteiger partial charge is 0.398 e. The summed E-state index contributed by atoms with van der Waals surface area (Å²) in [6.07, 6.45) is 0. The molecular weight excluding hydrogens is 282 g/mol. The van der Waals surface area contributed by atoms with Crippen LogP contribution in [0.5, 0.6) is 0 Å². The van der Waals surface area contributed by atoms with Crippen molar-refractivity contribution in [2.24, 2.45) is 0 Å². The number of hydrogen-bond acceptors (Lipinski definition) is 3. The maximum atomic E-state index is 13.2. The third kappa shape index (κ3) is 3.00. The molecule has 0 aliphatic carbocycles. The van der Waals surface area contributed by atoms with Crippen LogP contribution in [0.1, 0.15) is 11.1 Å². The minimum atomic E-state index is -1.49. The summed E-state index contributed by atoms with van der Waals surface area (Å²) >= 11 is 0. The van der Waals surface area contributed by atoms with E-state index in [1.807, 2.05) is 0 Å². The molecule has 6 heteroatoms. The molecule has 0 aliphatic heterocycles. The second-order valence-electron chi connectivity index (χ2n) is 4.10. The normalized spacial score (nSPS) is 11.8. The van der Waals surface area contributed by atoms with Crippen molar-refractivity contribution in [1.29, 1.82) is 5.26 Å². The van der Waals surface area contributed by atoms with E-state index in [0.29, 0.717) is 10.5 Å². The van der Waals surface area contributed by atoms with Crippen LogP contribution in [-0.2, 0) is 16.6 Å². The first-order valence-corrected chi connectivity index (χ1v) is 6.95. The Hall–Kier alpha value is -2.26. The van der Waals surface area contributed by atoms with Gasteiger partial charge in [0.1, 0.15) is 17.7 Å². The Morgan fingerprint density at radius 2 is 1.95 bits per heavy atom. The van der Waals surface area contributed by atoms with Crippen LogP contribution in [0.25, 0.3) is 0 Å². The van der Waals surface area contributed by atoms with Gasteiger partial charge < -0.3 is 5.73 Å². The molecule has 2 N–H and O–H groups in total. The van der Waals surface area contributed by atoms with E-state index >= 15 is 0 Å². The van der Waals surface area contributed by atoms with E-state index in [2.05, 4.69) is 0 Å². The van der Waals surface area contributed by atoms with E-state index in [-0.39, 0.29) is 17.0 Å². The number of hydrogen-bond donors (Lipinski definition) is 1. The van der Waals surface area contributed by atoms with Crippen molar-refractivity contribution >= 4 is 16.5 Å². The Labute approximate surface area is 117 Å². The molecule has 0 bridgehead atoms. The fourth-order valence-electron chi connectivity index (χ4n) is 1.70. The Morgan fingerprint density at radius 3 is 2.60 bits per heavy atom. The molecule has 2 rings (SSSR count). The monoisotopic (exact) mass is 292 g/mol. The van der Waals surface area contributed by atoms with E-state index in [0.717, 1.165) is 12.1 Å². The molecule has 0 radical (unpaired) electrons. The number of nitriles is 1. The Morgan fingerprint density at radius 1 is 1.20 bits per heavy atom. The maximum Gasteiger partial charge on any atom is 0.140 e. The molecular formula is C14H10F2N2OS. The van der Waals surface area contributed by atoms with Gasteiger partial charge in [-0.25, -0.2) is 8.78 Å². The summed E-state index contributed by atoms with van der Waals surface area (Å²) in [6.45, 7) is 0. The smallest absolute Gasteiger partial charge is 0.140 e. The third-order valence-electron chi connectivity index (χ3n) is 2.67. The second kappa shape index (κ2) is 5.80. The molecule has 0 fully saturated rings. The van der Waals surface area contributed by atoms with Crippen molar-refractivity contribution in [3.05, 3.63) is 59.2 Å². The molecule has 0 amide bonds. The van der Waals surface area contributed by atoms with Crippen LogP contribution < -0.4 is 5.73 Å². The van der Waals surface area contributed by atoms with Gasteiger partial charge in [0.15, 0.2) is 0 Å². The Balaban J connectivity index is 2.26. The molecule has 2 aromatic rings. The molecule has 1 unspecified atom stereocenters. The van der Waals surface area contributed by atoms with Crippen molar-refractivity contribution in [2.45, 2.75) is 10.6 Å². The van der Waals surface area contributed by atoms with Crippen LogP contribution in [0, 0.1) is 23.0 Å². The second-order valence-corrected chi connectivity index (χ2v) is 5.52. The zero-order valence-corrected chi connectivity index (χ0v) is 11.1. The van der Waals surface area contributed by atoms with E-state index in [1.54, 1.807) is 6.07 Å². The predicted octanol–water partition coefficient (Wildman–Crippen LogP) is 2.73. The molecule has 102 valence electrons. The number of nitrogen functional groups attached to an aromatic ring is 1. The van der Waals surface area contributed by atoms with E-state index in [9.17, 15) is 13.0 Å². The first-order valence-electron chi connectivity index (χ1n) is 5.63. The minimum Gasteiger partial charge on any atom is -0.398 e. The highest BCUT2D eigenvalue weighted by Crippen LogP contribution is 2.21. The lowest BCUT2D eigenvalue weighted by atomic mass is 10.1. The van der Waals surface area contributed by atoms with Gasteiger partial charge in [-0.1, -0.05) is 6.07 Å². The lowest BCUT2D eigenvalue weighted by Crippen LogP contribution is -2.02. The first kappa shape index (κ1) is 14.2. The standard InChI is InChI=1S/C14H10F2N2OS/c15-11-2-4-14(13(18)6-11)20(19)8-9-1-3-12(16)10(5-9)7-17/h1-6H,8,18H2. The van der Waals surface area contributed by atoms with Crippen molar-refractivity contribution in [3.8, 4) is 6.07 Å². The summed E-state index contributed by atoms with van der Waals surface area (Å²) < 4.78 is 38.3. The predicted molar refractivity (Wildman–Crippen MR) is 72.0 cm³/mol. The fourth-order valence-corrected chi connectivity index (χ4v) is 2.88. The molecule has 2 aromatic carbocycles. The lowest BCUT2D eigenvalue weighted by molar-refractivity contribution is 0.623. The molecule has 0 saturated heterocycles.